The van der Waals surface area contributed by atoms with Gasteiger partial charge in [0, 0.05) is 23.4 Å². The molecule has 1 heterocycles. The summed E-state index contributed by atoms with van der Waals surface area (Å²) < 4.78 is 1.83. The van der Waals surface area contributed by atoms with E-state index in [0.717, 1.165) is 19.4 Å². The Morgan fingerprint density at radius 3 is 2.92 bits per heavy atom. The summed E-state index contributed by atoms with van der Waals surface area (Å²) >= 11 is 1.87. The second-order valence-corrected chi connectivity index (χ2v) is 4.45. The van der Waals surface area contributed by atoms with E-state index in [4.69, 9.17) is 5.73 Å². The maximum Gasteiger partial charge on any atom is 0.0625 e. The summed E-state index contributed by atoms with van der Waals surface area (Å²) in [4.78, 5) is 1.24. The molecule has 0 radical (unpaired) electrons. The molecule has 0 saturated heterocycles. The highest BCUT2D eigenvalue weighted by atomic mass is 32.2. The molecular formula is C9H17N3S. The second-order valence-electron chi connectivity index (χ2n) is 3.08. The van der Waals surface area contributed by atoms with E-state index in [1.807, 2.05) is 35.9 Å². The molecule has 1 atom stereocenters. The Balaban J connectivity index is 2.46. The molecule has 0 saturated carbocycles. The van der Waals surface area contributed by atoms with Crippen LogP contribution < -0.4 is 5.73 Å². The van der Waals surface area contributed by atoms with Gasteiger partial charge in [-0.15, -0.1) is 11.8 Å². The molecule has 0 aliphatic heterocycles. The van der Waals surface area contributed by atoms with Gasteiger partial charge in [-0.2, -0.15) is 5.10 Å². The van der Waals surface area contributed by atoms with Crippen LogP contribution in [-0.4, -0.2) is 21.6 Å². The molecule has 1 unspecified atom stereocenters. The Labute approximate surface area is 83.7 Å². The predicted octanol–water partition coefficient (Wildman–Crippen LogP) is 1.64. The maximum absolute atomic E-state index is 5.53. The van der Waals surface area contributed by atoms with Gasteiger partial charge in [0.1, 0.15) is 0 Å². The van der Waals surface area contributed by atoms with Crippen LogP contribution in [0, 0.1) is 0 Å². The van der Waals surface area contributed by atoms with Gasteiger partial charge in [0.2, 0.25) is 0 Å². The number of nitrogens with zero attached hydrogens (tertiary/aromatic N) is 2. The lowest BCUT2D eigenvalue weighted by molar-refractivity contribution is 0.745. The summed E-state index contributed by atoms with van der Waals surface area (Å²) in [5.74, 6) is 0. The number of aryl methyl sites for hydroxylation is 1. The summed E-state index contributed by atoms with van der Waals surface area (Å²) in [7, 11) is 1.94. The molecule has 0 spiro atoms. The number of thioether (sulfide) groups is 1. The zero-order valence-corrected chi connectivity index (χ0v) is 9.05. The number of nitrogens with two attached hydrogens (primary N) is 1. The van der Waals surface area contributed by atoms with Crippen molar-refractivity contribution < 1.29 is 0 Å². The van der Waals surface area contributed by atoms with Crippen LogP contribution in [0.4, 0.5) is 0 Å². The summed E-state index contributed by atoms with van der Waals surface area (Å²) in [6.07, 6.45) is 6.19. The molecule has 3 nitrogen and oxygen atoms in total. The van der Waals surface area contributed by atoms with Crippen LogP contribution in [0.2, 0.25) is 0 Å². The molecule has 13 heavy (non-hydrogen) atoms. The monoisotopic (exact) mass is 199 g/mol. The first-order valence-corrected chi connectivity index (χ1v) is 5.49. The minimum absolute atomic E-state index is 0.634. The van der Waals surface area contributed by atoms with Gasteiger partial charge >= 0.3 is 0 Å². The maximum atomic E-state index is 5.53. The smallest absolute Gasteiger partial charge is 0.0625 e. The Morgan fingerprint density at radius 1 is 1.69 bits per heavy atom. The highest BCUT2D eigenvalue weighted by Gasteiger charge is 2.07. The molecule has 2 N–H and O–H groups in total. The SMILES string of the molecule is CCC(CCN)Sc1cnn(C)c1. The number of rotatable bonds is 5. The van der Waals surface area contributed by atoms with Crippen LogP contribution in [0.25, 0.3) is 0 Å². The van der Waals surface area contributed by atoms with Crippen molar-refractivity contribution in [3.63, 3.8) is 0 Å². The lowest BCUT2D eigenvalue weighted by Crippen LogP contribution is -2.09. The number of aromatic nitrogens is 2. The van der Waals surface area contributed by atoms with Crippen molar-refractivity contribution in [2.24, 2.45) is 12.8 Å². The van der Waals surface area contributed by atoms with Gasteiger partial charge < -0.3 is 5.73 Å². The molecule has 0 aliphatic carbocycles. The van der Waals surface area contributed by atoms with E-state index in [-0.39, 0.29) is 0 Å². The van der Waals surface area contributed by atoms with Crippen LogP contribution in [0.3, 0.4) is 0 Å². The van der Waals surface area contributed by atoms with Gasteiger partial charge in [0.05, 0.1) is 6.20 Å². The number of hydrogen-bond acceptors (Lipinski definition) is 3. The zero-order chi connectivity index (χ0) is 9.68. The molecule has 0 aromatic carbocycles. The van der Waals surface area contributed by atoms with Gasteiger partial charge in [-0.1, -0.05) is 6.92 Å². The third-order valence-electron chi connectivity index (χ3n) is 1.93. The van der Waals surface area contributed by atoms with Crippen molar-refractivity contribution in [1.82, 2.24) is 9.78 Å². The van der Waals surface area contributed by atoms with Gasteiger partial charge in [-0.05, 0) is 19.4 Å². The van der Waals surface area contributed by atoms with Crippen LogP contribution in [0.1, 0.15) is 19.8 Å². The van der Waals surface area contributed by atoms with Crippen LogP contribution in [0.15, 0.2) is 17.3 Å². The predicted molar refractivity (Wildman–Crippen MR) is 56.8 cm³/mol. The second kappa shape index (κ2) is 5.29. The molecule has 0 amide bonds. The molecule has 74 valence electrons. The van der Waals surface area contributed by atoms with Gasteiger partial charge in [-0.3, -0.25) is 4.68 Å². The van der Waals surface area contributed by atoms with E-state index < -0.39 is 0 Å². The lowest BCUT2D eigenvalue weighted by atomic mass is 10.2. The van der Waals surface area contributed by atoms with E-state index >= 15 is 0 Å². The van der Waals surface area contributed by atoms with Crippen LogP contribution in [-0.2, 0) is 7.05 Å². The van der Waals surface area contributed by atoms with E-state index in [1.165, 1.54) is 4.90 Å². The Morgan fingerprint density at radius 2 is 2.46 bits per heavy atom. The standard InChI is InChI=1S/C9H17N3S/c1-3-8(4-5-10)13-9-6-11-12(2)7-9/h6-8H,3-5,10H2,1-2H3. The highest BCUT2D eigenvalue weighted by Crippen LogP contribution is 2.26. The summed E-state index contributed by atoms with van der Waals surface area (Å²) in [5.41, 5.74) is 5.53. The summed E-state index contributed by atoms with van der Waals surface area (Å²) in [6.45, 7) is 2.97. The molecule has 1 aromatic rings. The fourth-order valence-electron chi connectivity index (χ4n) is 1.18. The first kappa shape index (κ1) is 10.6. The first-order chi connectivity index (χ1) is 6.26. The fourth-order valence-corrected chi connectivity index (χ4v) is 2.31. The average molecular weight is 199 g/mol. The van der Waals surface area contributed by atoms with E-state index in [9.17, 15) is 0 Å². The lowest BCUT2D eigenvalue weighted by Gasteiger charge is -2.10. The van der Waals surface area contributed by atoms with Crippen molar-refractivity contribution in [2.45, 2.75) is 29.9 Å². The van der Waals surface area contributed by atoms with Gasteiger partial charge in [-0.25, -0.2) is 0 Å². The van der Waals surface area contributed by atoms with E-state index in [0.29, 0.717) is 5.25 Å². The summed E-state index contributed by atoms with van der Waals surface area (Å²) in [5, 5.41) is 4.76. The van der Waals surface area contributed by atoms with Crippen molar-refractivity contribution >= 4 is 11.8 Å². The normalized spacial score (nSPS) is 13.2. The quantitative estimate of drug-likeness (QED) is 0.733. The highest BCUT2D eigenvalue weighted by molar-refractivity contribution is 8.00. The molecule has 0 aliphatic rings. The Kier molecular flexibility index (Phi) is 4.32. The zero-order valence-electron chi connectivity index (χ0n) is 8.23. The molecule has 4 heteroatoms. The molecule has 1 aromatic heterocycles. The van der Waals surface area contributed by atoms with Crippen LogP contribution in [0.5, 0.6) is 0 Å². The van der Waals surface area contributed by atoms with Gasteiger partial charge in [0.15, 0.2) is 0 Å². The largest absolute Gasteiger partial charge is 0.330 e. The van der Waals surface area contributed by atoms with E-state index in [1.54, 1.807) is 0 Å². The van der Waals surface area contributed by atoms with Crippen molar-refractivity contribution in [3.05, 3.63) is 12.4 Å². The van der Waals surface area contributed by atoms with Crippen molar-refractivity contribution in [2.75, 3.05) is 6.54 Å². The minimum Gasteiger partial charge on any atom is -0.330 e. The molecule has 1 rings (SSSR count). The number of hydrogen-bond donors (Lipinski definition) is 1. The fraction of sp³-hybridized carbons (Fsp3) is 0.667. The molecular weight excluding hydrogens is 182 g/mol. The topological polar surface area (TPSA) is 43.8 Å². The van der Waals surface area contributed by atoms with Crippen molar-refractivity contribution in [3.8, 4) is 0 Å². The molecule has 0 bridgehead atoms. The average Bonchev–Trinajstić information content (AvgIpc) is 2.50. The Bertz CT molecular complexity index is 247. The minimum atomic E-state index is 0.634. The third kappa shape index (κ3) is 3.40. The molecule has 0 fully saturated rings. The third-order valence-corrected chi connectivity index (χ3v) is 3.31. The van der Waals surface area contributed by atoms with Crippen molar-refractivity contribution in [1.29, 1.82) is 0 Å². The van der Waals surface area contributed by atoms with E-state index in [2.05, 4.69) is 12.0 Å². The Hall–Kier alpha value is -0.480. The first-order valence-electron chi connectivity index (χ1n) is 4.61. The van der Waals surface area contributed by atoms with Gasteiger partial charge in [0.25, 0.3) is 0 Å². The summed E-state index contributed by atoms with van der Waals surface area (Å²) in [6, 6.07) is 0. The van der Waals surface area contributed by atoms with Crippen LogP contribution >= 0.6 is 11.8 Å².